The van der Waals surface area contributed by atoms with Gasteiger partial charge in [-0.2, -0.15) is 5.10 Å². The van der Waals surface area contributed by atoms with Crippen LogP contribution in [-0.2, 0) is 11.3 Å². The Morgan fingerprint density at radius 1 is 1.21 bits per heavy atom. The summed E-state index contributed by atoms with van der Waals surface area (Å²) in [6.07, 6.45) is 5.66. The molecule has 2 aliphatic heterocycles. The third kappa shape index (κ3) is 3.54. The van der Waals surface area contributed by atoms with E-state index in [2.05, 4.69) is 56.2 Å². The van der Waals surface area contributed by atoms with E-state index < -0.39 is 0 Å². The number of benzene rings is 1. The first-order valence-electron chi connectivity index (χ1n) is 10.3. The van der Waals surface area contributed by atoms with Crippen molar-refractivity contribution >= 4 is 10.9 Å². The fourth-order valence-electron chi connectivity index (χ4n) is 4.47. The van der Waals surface area contributed by atoms with Crippen LogP contribution in [0.4, 0.5) is 0 Å². The number of ether oxygens (including phenoxy) is 2. The molecule has 148 valence electrons. The number of nitrogens with zero attached hydrogens (tertiary/aromatic N) is 3. The van der Waals surface area contributed by atoms with Gasteiger partial charge < -0.3 is 14.0 Å². The van der Waals surface area contributed by atoms with E-state index in [9.17, 15) is 0 Å². The zero-order chi connectivity index (χ0) is 18.9. The highest BCUT2D eigenvalue weighted by molar-refractivity contribution is 5.86. The molecule has 2 fully saturated rings. The van der Waals surface area contributed by atoms with Crippen molar-refractivity contribution in [1.29, 1.82) is 0 Å². The summed E-state index contributed by atoms with van der Waals surface area (Å²) in [4.78, 5) is 2.46. The van der Waals surface area contributed by atoms with Crippen LogP contribution in [0.1, 0.15) is 36.7 Å². The first kappa shape index (κ1) is 17.8. The average molecular weight is 380 g/mol. The van der Waals surface area contributed by atoms with Gasteiger partial charge in [0, 0.05) is 43.5 Å². The molecular formula is C22H28N4O2. The van der Waals surface area contributed by atoms with Crippen molar-refractivity contribution in [3.05, 3.63) is 47.9 Å². The molecule has 0 bridgehead atoms. The lowest BCUT2D eigenvalue weighted by atomic mass is 10.1. The molecule has 1 atom stereocenters. The van der Waals surface area contributed by atoms with Crippen molar-refractivity contribution in [1.82, 2.24) is 19.7 Å². The molecule has 0 saturated carbocycles. The van der Waals surface area contributed by atoms with Crippen LogP contribution in [0.15, 0.2) is 36.5 Å². The van der Waals surface area contributed by atoms with E-state index in [0.29, 0.717) is 6.04 Å². The first-order valence-corrected chi connectivity index (χ1v) is 10.3. The molecule has 5 rings (SSSR count). The lowest BCUT2D eigenvalue weighted by Crippen LogP contribution is -2.37. The molecule has 0 spiro atoms. The highest BCUT2D eigenvalue weighted by Gasteiger charge is 2.23. The third-order valence-electron chi connectivity index (χ3n) is 5.99. The Morgan fingerprint density at radius 3 is 2.86 bits per heavy atom. The second kappa shape index (κ2) is 7.60. The van der Waals surface area contributed by atoms with Gasteiger partial charge in [0.2, 0.25) is 0 Å². The van der Waals surface area contributed by atoms with Gasteiger partial charge in [-0.25, -0.2) is 0 Å². The molecule has 2 aliphatic rings. The highest BCUT2D eigenvalue weighted by atomic mass is 16.5. The second-order valence-electron chi connectivity index (χ2n) is 8.07. The molecule has 1 unspecified atom stereocenters. The minimum Gasteiger partial charge on any atom is -0.490 e. The Bertz CT molecular complexity index is 933. The highest BCUT2D eigenvalue weighted by Crippen LogP contribution is 2.32. The van der Waals surface area contributed by atoms with E-state index >= 15 is 0 Å². The van der Waals surface area contributed by atoms with E-state index in [1.54, 1.807) is 0 Å². The number of likely N-dealkylation sites (tertiary alicyclic amines) is 1. The number of aryl methyl sites for hydroxylation is 1. The number of H-pyrrole nitrogens is 1. The van der Waals surface area contributed by atoms with Crippen LogP contribution in [0.5, 0.6) is 5.75 Å². The van der Waals surface area contributed by atoms with Crippen molar-refractivity contribution in [2.75, 3.05) is 26.3 Å². The van der Waals surface area contributed by atoms with E-state index in [1.807, 2.05) is 6.92 Å². The monoisotopic (exact) mass is 380 g/mol. The molecule has 6 nitrogen and oxygen atoms in total. The molecule has 1 aromatic carbocycles. The summed E-state index contributed by atoms with van der Waals surface area (Å²) in [6.45, 7) is 6.73. The smallest absolute Gasteiger partial charge is 0.129 e. The number of hydrogen-bond acceptors (Lipinski definition) is 4. The molecule has 3 aromatic rings. The number of rotatable bonds is 5. The van der Waals surface area contributed by atoms with Gasteiger partial charge >= 0.3 is 0 Å². The number of hydrogen-bond donors (Lipinski definition) is 1. The summed E-state index contributed by atoms with van der Waals surface area (Å²) in [5.41, 5.74) is 3.50. The predicted octanol–water partition coefficient (Wildman–Crippen LogP) is 3.68. The average Bonchev–Trinajstić information content (AvgIpc) is 3.44. The summed E-state index contributed by atoms with van der Waals surface area (Å²) in [5.74, 6) is 1.01. The Hall–Kier alpha value is -2.31. The number of aromatic nitrogens is 3. The summed E-state index contributed by atoms with van der Waals surface area (Å²) < 4.78 is 14.4. The van der Waals surface area contributed by atoms with E-state index in [4.69, 9.17) is 9.47 Å². The maximum absolute atomic E-state index is 6.45. The van der Waals surface area contributed by atoms with Gasteiger partial charge in [-0.05, 0) is 50.5 Å². The molecular weight excluding hydrogens is 352 g/mol. The topological polar surface area (TPSA) is 55.3 Å². The van der Waals surface area contributed by atoms with Gasteiger partial charge in [-0.3, -0.25) is 10.00 Å². The van der Waals surface area contributed by atoms with Gasteiger partial charge in [-0.15, -0.1) is 0 Å². The fourth-order valence-corrected chi connectivity index (χ4v) is 4.47. The number of nitrogens with one attached hydrogen (secondary N) is 1. The Kier molecular flexibility index (Phi) is 4.82. The fraction of sp³-hybridized carbons (Fsp3) is 0.500. The SMILES string of the molecule is Cc1cc(CN2CCC(Oc3cccc4c3ccn4C3CCOC3)CC2)n[nH]1. The van der Waals surface area contributed by atoms with Crippen LogP contribution < -0.4 is 4.74 Å². The molecule has 6 heteroatoms. The van der Waals surface area contributed by atoms with E-state index in [0.717, 1.165) is 69.2 Å². The summed E-state index contributed by atoms with van der Waals surface area (Å²) in [6, 6.07) is 11.2. The maximum atomic E-state index is 6.45. The maximum Gasteiger partial charge on any atom is 0.129 e. The van der Waals surface area contributed by atoms with Crippen molar-refractivity contribution in [3.8, 4) is 5.75 Å². The molecule has 1 N–H and O–H groups in total. The molecule has 28 heavy (non-hydrogen) atoms. The summed E-state index contributed by atoms with van der Waals surface area (Å²) in [5, 5.41) is 8.60. The molecule has 2 aromatic heterocycles. The number of aromatic amines is 1. The molecule has 2 saturated heterocycles. The number of fused-ring (bicyclic) bond motifs is 1. The standard InChI is InChI=1S/C22H28N4O2/c1-16-13-17(24-23-16)14-25-9-5-19(6-10-25)28-22-4-2-3-21-20(22)7-11-26(21)18-8-12-27-15-18/h2-4,7,11,13,18-19H,5-6,8-10,12,14-15H2,1H3,(H,23,24). The third-order valence-corrected chi connectivity index (χ3v) is 5.99. The van der Waals surface area contributed by atoms with Crippen LogP contribution in [0.25, 0.3) is 10.9 Å². The quantitative estimate of drug-likeness (QED) is 0.734. The zero-order valence-corrected chi connectivity index (χ0v) is 16.4. The Morgan fingerprint density at radius 2 is 2.11 bits per heavy atom. The zero-order valence-electron chi connectivity index (χ0n) is 16.4. The normalized spacial score (nSPS) is 21.5. The lowest BCUT2D eigenvalue weighted by molar-refractivity contribution is 0.0973. The van der Waals surface area contributed by atoms with Crippen molar-refractivity contribution in [2.45, 2.75) is 44.9 Å². The molecule has 4 heterocycles. The van der Waals surface area contributed by atoms with Gasteiger partial charge in [0.25, 0.3) is 0 Å². The van der Waals surface area contributed by atoms with Crippen LogP contribution >= 0.6 is 0 Å². The minimum absolute atomic E-state index is 0.279. The predicted molar refractivity (Wildman–Crippen MR) is 109 cm³/mol. The van der Waals surface area contributed by atoms with Crippen molar-refractivity contribution < 1.29 is 9.47 Å². The van der Waals surface area contributed by atoms with Crippen LogP contribution in [0, 0.1) is 6.92 Å². The van der Waals surface area contributed by atoms with Crippen molar-refractivity contribution in [3.63, 3.8) is 0 Å². The number of piperidine rings is 1. The van der Waals surface area contributed by atoms with Gasteiger partial charge in [0.05, 0.1) is 23.9 Å². The molecule has 0 radical (unpaired) electrons. The summed E-state index contributed by atoms with van der Waals surface area (Å²) >= 11 is 0. The Balaban J connectivity index is 1.24. The summed E-state index contributed by atoms with van der Waals surface area (Å²) in [7, 11) is 0. The Labute approximate surface area is 165 Å². The second-order valence-corrected chi connectivity index (χ2v) is 8.07. The molecule has 0 amide bonds. The molecule has 0 aliphatic carbocycles. The van der Waals surface area contributed by atoms with E-state index in [-0.39, 0.29) is 6.10 Å². The van der Waals surface area contributed by atoms with Crippen LogP contribution in [0.2, 0.25) is 0 Å². The van der Waals surface area contributed by atoms with Gasteiger partial charge in [0.1, 0.15) is 11.9 Å². The van der Waals surface area contributed by atoms with Crippen LogP contribution in [0.3, 0.4) is 0 Å². The first-order chi connectivity index (χ1) is 13.8. The van der Waals surface area contributed by atoms with Crippen LogP contribution in [-0.4, -0.2) is 52.1 Å². The minimum atomic E-state index is 0.279. The van der Waals surface area contributed by atoms with Crippen molar-refractivity contribution in [2.24, 2.45) is 0 Å². The lowest BCUT2D eigenvalue weighted by Gasteiger charge is -2.31. The van der Waals surface area contributed by atoms with E-state index in [1.165, 1.54) is 10.9 Å². The van der Waals surface area contributed by atoms with Gasteiger partial charge in [-0.1, -0.05) is 6.07 Å². The van der Waals surface area contributed by atoms with Gasteiger partial charge in [0.15, 0.2) is 0 Å². The largest absolute Gasteiger partial charge is 0.490 e.